The quantitative estimate of drug-likeness (QED) is 0.690. The highest BCUT2D eigenvalue weighted by Crippen LogP contribution is 2.24. The average Bonchev–Trinajstić information content (AvgIpc) is 3.16. The summed E-state index contributed by atoms with van der Waals surface area (Å²) in [5.74, 6) is 1.39. The topological polar surface area (TPSA) is 95.7 Å². The molecule has 2 aromatic heterocycles. The fraction of sp³-hybridized carbons (Fsp3) is 0.231. The molecule has 2 N–H and O–H groups in total. The molecule has 0 aliphatic heterocycles. The van der Waals surface area contributed by atoms with Gasteiger partial charge in [0.25, 0.3) is 0 Å². The molecular weight excluding hydrogens is 288 g/mol. The number of benzene rings is 1. The number of nitrogens with zero attached hydrogens (tertiary/aromatic N) is 5. The van der Waals surface area contributed by atoms with Gasteiger partial charge in [-0.1, -0.05) is 47.3 Å². The Morgan fingerprint density at radius 1 is 1.24 bits per heavy atom. The first kappa shape index (κ1) is 13.8. The summed E-state index contributed by atoms with van der Waals surface area (Å²) in [6.07, 6.45) is 0. The first-order valence-corrected chi connectivity index (χ1v) is 7.45. The van der Waals surface area contributed by atoms with Crippen LogP contribution in [-0.4, -0.2) is 31.9 Å². The molecule has 0 atom stereocenters. The Morgan fingerprint density at radius 2 is 2.10 bits per heavy atom. The number of rotatable bonds is 6. The molecule has 7 nitrogen and oxygen atoms in total. The Bertz CT molecular complexity index is 696. The number of hydrogen-bond acceptors (Lipinski definition) is 7. The third-order valence-electron chi connectivity index (χ3n) is 2.81. The maximum atomic E-state index is 5.51. The first-order valence-electron chi connectivity index (χ1n) is 6.47. The van der Waals surface area contributed by atoms with Gasteiger partial charge in [-0.25, -0.2) is 4.68 Å². The van der Waals surface area contributed by atoms with Gasteiger partial charge in [-0.3, -0.25) is 0 Å². The molecule has 3 aromatic rings. The van der Waals surface area contributed by atoms with Gasteiger partial charge in [0.2, 0.25) is 5.16 Å². The van der Waals surface area contributed by atoms with Crippen molar-refractivity contribution in [1.82, 2.24) is 25.4 Å². The molecule has 0 aliphatic rings. The van der Waals surface area contributed by atoms with Crippen molar-refractivity contribution in [2.75, 3.05) is 6.54 Å². The normalized spacial score (nSPS) is 10.9. The predicted octanol–water partition coefficient (Wildman–Crippen LogP) is 1.58. The van der Waals surface area contributed by atoms with Crippen LogP contribution in [0.25, 0.3) is 11.3 Å². The Balaban J connectivity index is 1.66. The zero-order valence-corrected chi connectivity index (χ0v) is 12.0. The maximum Gasteiger partial charge on any atom is 0.209 e. The summed E-state index contributed by atoms with van der Waals surface area (Å²) in [4.78, 5) is 0. The van der Waals surface area contributed by atoms with Crippen molar-refractivity contribution in [3.8, 4) is 11.3 Å². The lowest BCUT2D eigenvalue weighted by atomic mass is 10.1. The standard InChI is InChI=1S/C13H14N6OS/c14-6-7-19-13(15-17-18-19)21-9-11-8-12(16-20-11)10-4-2-1-3-5-10/h1-5,8H,6-7,9,14H2. The SMILES string of the molecule is NCCn1nnnc1SCc1cc(-c2ccccc2)no1. The van der Waals surface area contributed by atoms with Crippen molar-refractivity contribution in [2.24, 2.45) is 5.73 Å². The fourth-order valence-electron chi connectivity index (χ4n) is 1.82. The van der Waals surface area contributed by atoms with Gasteiger partial charge < -0.3 is 10.3 Å². The lowest BCUT2D eigenvalue weighted by Crippen LogP contribution is -2.12. The average molecular weight is 302 g/mol. The molecule has 8 heteroatoms. The molecule has 2 heterocycles. The van der Waals surface area contributed by atoms with E-state index < -0.39 is 0 Å². The highest BCUT2D eigenvalue weighted by atomic mass is 32.2. The summed E-state index contributed by atoms with van der Waals surface area (Å²) in [5, 5.41) is 16.3. The predicted molar refractivity (Wildman–Crippen MR) is 78.4 cm³/mol. The molecule has 0 radical (unpaired) electrons. The minimum absolute atomic E-state index is 0.499. The molecule has 0 fully saturated rings. The number of thioether (sulfide) groups is 1. The fourth-order valence-corrected chi connectivity index (χ4v) is 2.60. The van der Waals surface area contributed by atoms with E-state index in [0.717, 1.165) is 22.2 Å². The Labute approximate surface area is 125 Å². The van der Waals surface area contributed by atoms with Crippen LogP contribution in [0.2, 0.25) is 0 Å². The first-order chi connectivity index (χ1) is 10.4. The van der Waals surface area contributed by atoms with E-state index in [9.17, 15) is 0 Å². The van der Waals surface area contributed by atoms with E-state index in [0.29, 0.717) is 18.8 Å². The molecule has 0 amide bonds. The molecular formula is C13H14N6OS. The maximum absolute atomic E-state index is 5.51. The molecule has 0 bridgehead atoms. The van der Waals surface area contributed by atoms with Crippen molar-refractivity contribution in [2.45, 2.75) is 17.5 Å². The van der Waals surface area contributed by atoms with Gasteiger partial charge in [-0.05, 0) is 10.4 Å². The van der Waals surface area contributed by atoms with E-state index in [1.807, 2.05) is 36.4 Å². The van der Waals surface area contributed by atoms with Crippen LogP contribution in [0.1, 0.15) is 5.76 Å². The van der Waals surface area contributed by atoms with Gasteiger partial charge in [-0.2, -0.15) is 0 Å². The molecule has 0 saturated heterocycles. The van der Waals surface area contributed by atoms with Gasteiger partial charge in [0.05, 0.1) is 12.3 Å². The minimum atomic E-state index is 0.499. The van der Waals surface area contributed by atoms with Crippen LogP contribution in [0.5, 0.6) is 0 Å². The summed E-state index contributed by atoms with van der Waals surface area (Å²) in [5.41, 5.74) is 7.37. The molecule has 0 unspecified atom stereocenters. The van der Waals surface area contributed by atoms with Crippen LogP contribution in [0.4, 0.5) is 0 Å². The Hall–Kier alpha value is -2.19. The molecule has 108 valence electrons. The third-order valence-corrected chi connectivity index (χ3v) is 3.79. The number of hydrogen-bond donors (Lipinski definition) is 1. The second kappa shape index (κ2) is 6.51. The molecule has 3 rings (SSSR count). The van der Waals surface area contributed by atoms with Crippen LogP contribution < -0.4 is 5.73 Å². The van der Waals surface area contributed by atoms with Crippen molar-refractivity contribution >= 4 is 11.8 Å². The van der Waals surface area contributed by atoms with Gasteiger partial charge in [-0.15, -0.1) is 5.10 Å². The van der Waals surface area contributed by atoms with E-state index >= 15 is 0 Å². The zero-order chi connectivity index (χ0) is 14.5. The van der Waals surface area contributed by atoms with Crippen LogP contribution in [0, 0.1) is 0 Å². The second-order valence-electron chi connectivity index (χ2n) is 4.31. The highest BCUT2D eigenvalue weighted by molar-refractivity contribution is 7.98. The monoisotopic (exact) mass is 302 g/mol. The van der Waals surface area contributed by atoms with Crippen LogP contribution in [-0.2, 0) is 12.3 Å². The summed E-state index contributed by atoms with van der Waals surface area (Å²) in [6, 6.07) is 11.8. The largest absolute Gasteiger partial charge is 0.360 e. The van der Waals surface area contributed by atoms with E-state index in [1.54, 1.807) is 4.68 Å². The van der Waals surface area contributed by atoms with E-state index in [4.69, 9.17) is 10.3 Å². The van der Waals surface area contributed by atoms with Gasteiger partial charge in [0.1, 0.15) is 11.5 Å². The van der Waals surface area contributed by atoms with Gasteiger partial charge in [0.15, 0.2) is 0 Å². The van der Waals surface area contributed by atoms with Crippen molar-refractivity contribution < 1.29 is 4.52 Å². The number of tetrazole rings is 1. The van der Waals surface area contributed by atoms with Crippen molar-refractivity contribution in [3.63, 3.8) is 0 Å². The highest BCUT2D eigenvalue weighted by Gasteiger charge is 2.10. The van der Waals surface area contributed by atoms with Crippen molar-refractivity contribution in [1.29, 1.82) is 0 Å². The van der Waals surface area contributed by atoms with Crippen molar-refractivity contribution in [3.05, 3.63) is 42.2 Å². The number of aromatic nitrogens is 5. The molecule has 1 aromatic carbocycles. The summed E-state index contributed by atoms with van der Waals surface area (Å²) < 4.78 is 7.02. The van der Waals surface area contributed by atoms with E-state index in [-0.39, 0.29) is 0 Å². The van der Waals surface area contributed by atoms with Crippen LogP contribution in [0.3, 0.4) is 0 Å². The summed E-state index contributed by atoms with van der Waals surface area (Å²) >= 11 is 1.49. The van der Waals surface area contributed by atoms with Crippen LogP contribution in [0.15, 0.2) is 46.1 Å². The number of nitrogens with two attached hydrogens (primary N) is 1. The summed E-state index contributed by atoms with van der Waals surface area (Å²) in [6.45, 7) is 1.10. The molecule has 0 spiro atoms. The minimum Gasteiger partial charge on any atom is -0.360 e. The molecule has 0 saturated carbocycles. The van der Waals surface area contributed by atoms with E-state index in [2.05, 4.69) is 20.7 Å². The van der Waals surface area contributed by atoms with Crippen LogP contribution >= 0.6 is 11.8 Å². The smallest absolute Gasteiger partial charge is 0.209 e. The Morgan fingerprint density at radius 3 is 2.90 bits per heavy atom. The van der Waals surface area contributed by atoms with Gasteiger partial charge in [0, 0.05) is 18.2 Å². The third kappa shape index (κ3) is 3.29. The Kier molecular flexibility index (Phi) is 4.27. The van der Waals surface area contributed by atoms with Gasteiger partial charge >= 0.3 is 0 Å². The second-order valence-corrected chi connectivity index (χ2v) is 5.25. The lowest BCUT2D eigenvalue weighted by molar-refractivity contribution is 0.397. The molecule has 21 heavy (non-hydrogen) atoms. The molecule has 0 aliphatic carbocycles. The summed E-state index contributed by atoms with van der Waals surface area (Å²) in [7, 11) is 0. The van der Waals surface area contributed by atoms with E-state index in [1.165, 1.54) is 11.8 Å². The lowest BCUT2D eigenvalue weighted by Gasteiger charge is -1.99. The zero-order valence-electron chi connectivity index (χ0n) is 11.2.